The van der Waals surface area contributed by atoms with E-state index < -0.39 is 6.03 Å². The van der Waals surface area contributed by atoms with Crippen LogP contribution in [-0.4, -0.2) is 16.7 Å². The number of hydrogen-bond donors (Lipinski definition) is 3. The van der Waals surface area contributed by atoms with Gasteiger partial charge in [-0.25, -0.2) is 19.6 Å². The molecular formula is C27H32FN5OS. The van der Waals surface area contributed by atoms with Crippen LogP contribution in [0.15, 0.2) is 35.4 Å². The van der Waals surface area contributed by atoms with E-state index in [1.165, 1.54) is 34.7 Å². The minimum Gasteiger partial charge on any atom is -0.350 e. The molecule has 0 spiro atoms. The highest BCUT2D eigenvalue weighted by atomic mass is 32.1. The average molecular weight is 494 g/mol. The highest BCUT2D eigenvalue weighted by Crippen LogP contribution is 2.65. The molecule has 6 rings (SSSR count). The van der Waals surface area contributed by atoms with Crippen molar-refractivity contribution in [2.24, 2.45) is 39.4 Å². The van der Waals surface area contributed by atoms with Crippen LogP contribution < -0.4 is 16.5 Å². The third-order valence-electron chi connectivity index (χ3n) is 9.43. The van der Waals surface area contributed by atoms with E-state index in [1.54, 1.807) is 23.5 Å². The van der Waals surface area contributed by atoms with Crippen LogP contribution in [-0.2, 0) is 6.42 Å². The lowest BCUT2D eigenvalue weighted by Crippen LogP contribution is -2.49. The molecule has 4 aliphatic carbocycles. The first-order valence-electron chi connectivity index (χ1n) is 12.6. The number of fused-ring (bicyclic) bond motifs is 7. The third-order valence-corrected chi connectivity index (χ3v) is 10.5. The summed E-state index contributed by atoms with van der Waals surface area (Å²) in [7, 11) is 0. The Balaban J connectivity index is 1.28. The summed E-state index contributed by atoms with van der Waals surface area (Å²) in [5.74, 6) is 1.63. The molecular weight excluding hydrogens is 461 g/mol. The number of urea groups is 1. The minimum absolute atomic E-state index is 0.0435. The van der Waals surface area contributed by atoms with E-state index in [9.17, 15) is 9.18 Å². The number of carbonyl (C=O) groups excluding carboxylic acids is 1. The number of anilines is 2. The van der Waals surface area contributed by atoms with Gasteiger partial charge in [-0.2, -0.15) is 5.10 Å². The van der Waals surface area contributed by atoms with Crippen molar-refractivity contribution in [2.75, 3.05) is 5.32 Å². The number of thiazole rings is 1. The SMILES string of the molecule is C[C@]12CCc3nc(Nc4ccc(F)cc4)sc3C1=CC[C@@H]1[C@@H]2CC[C@]2(C)/C(=N/NC(N)=O)CC[C@@H]12. The van der Waals surface area contributed by atoms with Crippen molar-refractivity contribution in [3.63, 3.8) is 0 Å². The Labute approximate surface area is 209 Å². The number of carbonyl (C=O) groups is 1. The van der Waals surface area contributed by atoms with E-state index >= 15 is 0 Å². The Kier molecular flexibility index (Phi) is 5.29. The van der Waals surface area contributed by atoms with Crippen LogP contribution in [0.4, 0.5) is 20.0 Å². The number of benzene rings is 1. The van der Waals surface area contributed by atoms with Crippen molar-refractivity contribution in [3.8, 4) is 0 Å². The number of primary amides is 1. The first-order valence-corrected chi connectivity index (χ1v) is 13.5. The number of hydrazone groups is 1. The van der Waals surface area contributed by atoms with Gasteiger partial charge in [0.15, 0.2) is 5.13 Å². The van der Waals surface area contributed by atoms with Gasteiger partial charge in [-0.15, -0.1) is 0 Å². The molecule has 6 nitrogen and oxygen atoms in total. The fourth-order valence-electron chi connectivity index (χ4n) is 7.68. The lowest BCUT2D eigenvalue weighted by Gasteiger charge is -2.56. The molecule has 5 atom stereocenters. The fraction of sp³-hybridized carbons (Fsp3) is 0.519. The highest BCUT2D eigenvalue weighted by Gasteiger charge is 2.58. The molecule has 184 valence electrons. The number of aryl methyl sites for hydroxylation is 1. The van der Waals surface area contributed by atoms with Gasteiger partial charge in [0.1, 0.15) is 5.82 Å². The number of aromatic nitrogens is 1. The maximum atomic E-state index is 13.3. The number of nitrogens with two attached hydrogens (primary N) is 1. The van der Waals surface area contributed by atoms with Crippen LogP contribution in [0.3, 0.4) is 0 Å². The molecule has 35 heavy (non-hydrogen) atoms. The summed E-state index contributed by atoms with van der Waals surface area (Å²) in [5.41, 5.74) is 12.6. The zero-order chi connectivity index (χ0) is 24.4. The van der Waals surface area contributed by atoms with Crippen LogP contribution in [0.2, 0.25) is 0 Å². The second-order valence-corrected chi connectivity index (χ2v) is 12.1. The Morgan fingerprint density at radius 3 is 2.69 bits per heavy atom. The van der Waals surface area contributed by atoms with Gasteiger partial charge in [0, 0.05) is 16.8 Å². The molecule has 2 saturated carbocycles. The van der Waals surface area contributed by atoms with Gasteiger partial charge in [0.25, 0.3) is 0 Å². The van der Waals surface area contributed by atoms with E-state index in [0.717, 1.165) is 55.1 Å². The third kappa shape index (κ3) is 3.60. The summed E-state index contributed by atoms with van der Waals surface area (Å²) in [6.07, 6.45) is 10.1. The number of allylic oxidation sites excluding steroid dienone is 2. The molecule has 0 aliphatic heterocycles. The molecule has 4 N–H and O–H groups in total. The first kappa shape index (κ1) is 22.7. The molecule has 0 saturated heterocycles. The standard InChI is InChI=1S/C27H32FN5OS/c1-26-14-12-21-23(35-25(31-21)30-16-5-3-15(28)4-6-16)20(26)8-7-17-18-9-10-22(32-33-24(29)34)27(18,2)13-11-19(17)26/h3-6,8,17-19H,7,9-14H2,1-2H3,(H,30,31)(H3,29,33,34)/b32-22+/t17-,18-,19-,26+,27-/m0/s1. The van der Waals surface area contributed by atoms with Crippen LogP contribution in [0.5, 0.6) is 0 Å². The topological polar surface area (TPSA) is 92.4 Å². The summed E-state index contributed by atoms with van der Waals surface area (Å²) < 4.78 is 13.3. The summed E-state index contributed by atoms with van der Waals surface area (Å²) >= 11 is 1.73. The summed E-state index contributed by atoms with van der Waals surface area (Å²) in [5, 5.41) is 8.68. The molecule has 0 bridgehead atoms. The van der Waals surface area contributed by atoms with Gasteiger partial charge in [-0.3, -0.25) is 0 Å². The van der Waals surface area contributed by atoms with Crippen LogP contribution >= 0.6 is 11.3 Å². The molecule has 0 unspecified atom stereocenters. The molecule has 0 radical (unpaired) electrons. The molecule has 2 amide bonds. The molecule has 1 aromatic heterocycles. The zero-order valence-corrected chi connectivity index (χ0v) is 21.1. The predicted molar refractivity (Wildman–Crippen MR) is 138 cm³/mol. The Morgan fingerprint density at radius 2 is 1.91 bits per heavy atom. The van der Waals surface area contributed by atoms with E-state index in [0.29, 0.717) is 17.8 Å². The first-order chi connectivity index (χ1) is 16.8. The molecule has 2 aromatic rings. The molecule has 2 fully saturated rings. The van der Waals surface area contributed by atoms with Gasteiger partial charge < -0.3 is 11.1 Å². The highest BCUT2D eigenvalue weighted by molar-refractivity contribution is 7.16. The summed E-state index contributed by atoms with van der Waals surface area (Å²) in [4.78, 5) is 17.5. The van der Waals surface area contributed by atoms with E-state index in [4.69, 9.17) is 10.7 Å². The number of rotatable bonds is 3. The number of amides is 2. The second kappa shape index (κ2) is 8.15. The van der Waals surface area contributed by atoms with E-state index in [2.05, 4.69) is 35.8 Å². The summed E-state index contributed by atoms with van der Waals surface area (Å²) in [6, 6.07) is 5.85. The smallest absolute Gasteiger partial charge is 0.332 e. The number of halogens is 1. The molecule has 1 aromatic carbocycles. The molecule has 1 heterocycles. The average Bonchev–Trinajstić information content (AvgIpc) is 3.39. The van der Waals surface area contributed by atoms with Crippen molar-refractivity contribution in [3.05, 3.63) is 46.7 Å². The van der Waals surface area contributed by atoms with Gasteiger partial charge in [-0.1, -0.05) is 31.3 Å². The Morgan fingerprint density at radius 1 is 1.14 bits per heavy atom. The van der Waals surface area contributed by atoms with Crippen molar-refractivity contribution >= 4 is 39.5 Å². The van der Waals surface area contributed by atoms with Crippen molar-refractivity contribution < 1.29 is 9.18 Å². The number of hydrogen-bond acceptors (Lipinski definition) is 5. The van der Waals surface area contributed by atoms with Crippen LogP contribution in [0.25, 0.3) is 5.57 Å². The van der Waals surface area contributed by atoms with Gasteiger partial charge in [0.2, 0.25) is 0 Å². The van der Waals surface area contributed by atoms with Crippen molar-refractivity contribution in [1.82, 2.24) is 10.4 Å². The van der Waals surface area contributed by atoms with E-state index in [-0.39, 0.29) is 16.6 Å². The maximum Gasteiger partial charge on any atom is 0.332 e. The minimum atomic E-state index is -0.591. The van der Waals surface area contributed by atoms with Crippen molar-refractivity contribution in [1.29, 1.82) is 0 Å². The fourth-order valence-corrected chi connectivity index (χ4v) is 8.89. The number of nitrogens with one attached hydrogen (secondary N) is 2. The van der Waals surface area contributed by atoms with Crippen LogP contribution in [0, 0.1) is 34.4 Å². The maximum absolute atomic E-state index is 13.3. The molecule has 8 heteroatoms. The second-order valence-electron chi connectivity index (χ2n) is 11.1. The normalized spacial score (nSPS) is 34.3. The number of nitrogens with zero attached hydrogens (tertiary/aromatic N) is 2. The quantitative estimate of drug-likeness (QED) is 0.442. The van der Waals surface area contributed by atoms with Gasteiger partial charge >= 0.3 is 6.03 Å². The Bertz CT molecular complexity index is 1240. The monoisotopic (exact) mass is 493 g/mol. The summed E-state index contributed by atoms with van der Waals surface area (Å²) in [6.45, 7) is 4.83. The van der Waals surface area contributed by atoms with E-state index in [1.807, 2.05) is 0 Å². The van der Waals surface area contributed by atoms with Crippen LogP contribution in [0.1, 0.15) is 62.9 Å². The lowest BCUT2D eigenvalue weighted by atomic mass is 9.48. The molecule has 4 aliphatic rings. The predicted octanol–water partition coefficient (Wildman–Crippen LogP) is 6.23. The lowest BCUT2D eigenvalue weighted by molar-refractivity contribution is 0.0116. The van der Waals surface area contributed by atoms with Gasteiger partial charge in [0.05, 0.1) is 10.6 Å². The van der Waals surface area contributed by atoms with Crippen molar-refractivity contribution in [2.45, 2.75) is 58.8 Å². The zero-order valence-electron chi connectivity index (χ0n) is 20.2. The largest absolute Gasteiger partial charge is 0.350 e. The van der Waals surface area contributed by atoms with Gasteiger partial charge in [-0.05, 0) is 98.0 Å². The Hall–Kier alpha value is -2.74.